The molecule has 0 radical (unpaired) electrons. The molecule has 0 bridgehead atoms. The summed E-state index contributed by atoms with van der Waals surface area (Å²) >= 11 is 1.44. The van der Waals surface area contributed by atoms with Crippen LogP contribution in [0.3, 0.4) is 0 Å². The Hall–Kier alpha value is 1.16. The average molecular weight is 331 g/mol. The number of halogens is 1. The van der Waals surface area contributed by atoms with E-state index in [1.807, 2.05) is 0 Å². The van der Waals surface area contributed by atoms with Gasteiger partial charge in [0, 0.05) is 0 Å². The van der Waals surface area contributed by atoms with Crippen LogP contribution in [0, 0.1) is 0 Å². The van der Waals surface area contributed by atoms with Crippen LogP contribution in [-0.4, -0.2) is 68.6 Å². The second-order valence-electron chi connectivity index (χ2n) is 3.24. The molecule has 0 aliphatic carbocycles. The van der Waals surface area contributed by atoms with Crippen LogP contribution >= 0.6 is 12.7 Å². The minimum absolute atomic E-state index is 2.13. The number of hydrogen-bond acceptors (Lipinski definition) is 3. The van der Waals surface area contributed by atoms with Crippen molar-refractivity contribution in [3.63, 3.8) is 0 Å². The summed E-state index contributed by atoms with van der Waals surface area (Å²) in [4.78, 5) is 0. The van der Waals surface area contributed by atoms with E-state index < -0.39 is 17.0 Å². The van der Waals surface area contributed by atoms with E-state index in [-0.39, 0.29) is 0 Å². The summed E-state index contributed by atoms with van der Waals surface area (Å²) in [6.45, 7) is 0. The van der Waals surface area contributed by atoms with Gasteiger partial charge in [0.05, 0.1) is 0 Å². The molecule has 0 fully saturated rings. The molecule has 0 heterocycles. The van der Waals surface area contributed by atoms with Crippen molar-refractivity contribution >= 4 is 29.7 Å². The minimum atomic E-state index is -2.43. The van der Waals surface area contributed by atoms with Crippen LogP contribution in [0.4, 0.5) is 0 Å². The zero-order valence-electron chi connectivity index (χ0n) is 8.22. The summed E-state index contributed by atoms with van der Waals surface area (Å²) in [5.74, 6) is 0. The molecular formula is C6H18BrN3Sn. The first-order valence-electron chi connectivity index (χ1n) is 3.54. The van der Waals surface area contributed by atoms with Gasteiger partial charge in [-0.2, -0.15) is 0 Å². The van der Waals surface area contributed by atoms with Crippen molar-refractivity contribution in [3.05, 3.63) is 0 Å². The Morgan fingerprint density at radius 1 is 0.727 bits per heavy atom. The predicted octanol–water partition coefficient (Wildman–Crippen LogP) is 0.502. The zero-order valence-corrected chi connectivity index (χ0v) is 12.7. The third kappa shape index (κ3) is 2.55. The van der Waals surface area contributed by atoms with Crippen LogP contribution in [0.25, 0.3) is 0 Å². The van der Waals surface area contributed by atoms with Crippen molar-refractivity contribution in [3.8, 4) is 0 Å². The maximum absolute atomic E-state index is 3.87. The molecule has 3 nitrogen and oxygen atoms in total. The third-order valence-corrected chi connectivity index (χ3v) is 25.7. The van der Waals surface area contributed by atoms with E-state index in [2.05, 4.69) is 64.4 Å². The van der Waals surface area contributed by atoms with Crippen molar-refractivity contribution in [2.45, 2.75) is 0 Å². The van der Waals surface area contributed by atoms with Crippen molar-refractivity contribution in [2.24, 2.45) is 0 Å². The molecule has 0 aromatic rings. The molecule has 0 saturated carbocycles. The fourth-order valence-electron chi connectivity index (χ4n) is 1.20. The Labute approximate surface area is 81.0 Å². The van der Waals surface area contributed by atoms with Crippen molar-refractivity contribution in [1.82, 2.24) is 9.36 Å². The van der Waals surface area contributed by atoms with Crippen LogP contribution in [0.2, 0.25) is 0 Å². The molecule has 0 unspecified atom stereocenters. The molecule has 0 N–H and O–H groups in total. The van der Waals surface area contributed by atoms with Gasteiger partial charge in [0.2, 0.25) is 0 Å². The van der Waals surface area contributed by atoms with Gasteiger partial charge in [-0.1, -0.05) is 0 Å². The number of nitrogens with zero attached hydrogens (tertiary/aromatic N) is 3. The Balaban J connectivity index is 4.53. The Morgan fingerprint density at radius 2 is 0.909 bits per heavy atom. The Kier molecular flexibility index (Phi) is 4.87. The van der Waals surface area contributed by atoms with Gasteiger partial charge in [-0.3, -0.25) is 0 Å². The van der Waals surface area contributed by atoms with Gasteiger partial charge in [-0.05, 0) is 0 Å². The van der Waals surface area contributed by atoms with Crippen molar-refractivity contribution in [2.75, 3.05) is 42.3 Å². The van der Waals surface area contributed by atoms with Crippen molar-refractivity contribution < 1.29 is 0 Å². The summed E-state index contributed by atoms with van der Waals surface area (Å²) in [6, 6.07) is 0. The molecule has 0 aromatic heterocycles. The first kappa shape index (κ1) is 12.2. The maximum atomic E-state index is 3.87. The van der Waals surface area contributed by atoms with E-state index >= 15 is 0 Å². The van der Waals surface area contributed by atoms with Gasteiger partial charge in [0.15, 0.2) is 0 Å². The summed E-state index contributed by atoms with van der Waals surface area (Å²) in [6.07, 6.45) is 0. The SMILES string of the molecule is C[N](C)[Sn]([Br])([N](C)C)[N](C)C. The molecule has 0 rings (SSSR count). The quantitative estimate of drug-likeness (QED) is 0.698. The van der Waals surface area contributed by atoms with E-state index in [0.29, 0.717) is 0 Å². The van der Waals surface area contributed by atoms with E-state index in [4.69, 9.17) is 0 Å². The second kappa shape index (κ2) is 4.41. The molecule has 5 heteroatoms. The average Bonchev–Trinajstić information content (AvgIpc) is 1.84. The molecule has 0 aliphatic heterocycles. The molecule has 0 amide bonds. The van der Waals surface area contributed by atoms with Gasteiger partial charge < -0.3 is 0 Å². The third-order valence-electron chi connectivity index (χ3n) is 1.71. The molecule has 0 aromatic carbocycles. The van der Waals surface area contributed by atoms with Gasteiger partial charge in [0.1, 0.15) is 0 Å². The molecule has 0 atom stereocenters. The number of hydrogen-bond donors (Lipinski definition) is 0. The zero-order chi connectivity index (χ0) is 9.23. The van der Waals surface area contributed by atoms with Crippen LogP contribution in [-0.2, 0) is 0 Å². The number of rotatable bonds is 3. The van der Waals surface area contributed by atoms with E-state index in [1.54, 1.807) is 0 Å². The summed E-state index contributed by atoms with van der Waals surface area (Å²) in [7, 11) is 12.8. The van der Waals surface area contributed by atoms with Crippen LogP contribution < -0.4 is 0 Å². The molecule has 0 aliphatic rings. The first-order valence-corrected chi connectivity index (χ1v) is 13.8. The van der Waals surface area contributed by atoms with Gasteiger partial charge in [0.25, 0.3) is 0 Å². The normalized spacial score (nSPS) is 13.6. The summed E-state index contributed by atoms with van der Waals surface area (Å²) in [5.41, 5.74) is 0. The summed E-state index contributed by atoms with van der Waals surface area (Å²) in [5, 5.41) is 0. The predicted molar refractivity (Wildman–Crippen MR) is 55.7 cm³/mol. The molecule has 0 spiro atoms. The fraction of sp³-hybridized carbons (Fsp3) is 1.00. The van der Waals surface area contributed by atoms with Crippen molar-refractivity contribution in [1.29, 1.82) is 0 Å². The molecule has 11 heavy (non-hydrogen) atoms. The molecule has 0 saturated heterocycles. The van der Waals surface area contributed by atoms with E-state index in [0.717, 1.165) is 0 Å². The first-order chi connectivity index (χ1) is 4.83. The monoisotopic (exact) mass is 331 g/mol. The fourth-order valence-corrected chi connectivity index (χ4v) is 8.05. The van der Waals surface area contributed by atoms with Gasteiger partial charge in [-0.25, -0.2) is 0 Å². The van der Waals surface area contributed by atoms with Crippen LogP contribution in [0.5, 0.6) is 0 Å². The topological polar surface area (TPSA) is 9.72 Å². The Morgan fingerprint density at radius 3 is 0.909 bits per heavy atom. The van der Waals surface area contributed by atoms with Gasteiger partial charge >= 0.3 is 81.3 Å². The second-order valence-corrected chi connectivity index (χ2v) is 21.2. The van der Waals surface area contributed by atoms with Gasteiger partial charge in [-0.15, -0.1) is 0 Å². The summed E-state index contributed by atoms with van der Waals surface area (Å²) < 4.78 is 6.94. The van der Waals surface area contributed by atoms with Crippen LogP contribution in [0.1, 0.15) is 0 Å². The Bertz CT molecular complexity index is 105. The molecule has 68 valence electrons. The standard InChI is InChI=1S/3C2H6N.BrH.Sn/c3*1-3-2;;/h3*1-2H3;1H;/q3*-1;;+4/p-1. The molecular weight excluding hydrogens is 313 g/mol. The van der Waals surface area contributed by atoms with E-state index in [9.17, 15) is 0 Å². The van der Waals surface area contributed by atoms with E-state index in [1.165, 1.54) is 0 Å². The van der Waals surface area contributed by atoms with Crippen LogP contribution in [0.15, 0.2) is 0 Å².